The van der Waals surface area contributed by atoms with E-state index < -0.39 is 16.6 Å². The fourth-order valence-electron chi connectivity index (χ4n) is 1.60. The number of carbonyl (C=O) groups is 1. The summed E-state index contributed by atoms with van der Waals surface area (Å²) in [5.41, 5.74) is -0.0624. The third-order valence-corrected chi connectivity index (χ3v) is 3.58. The summed E-state index contributed by atoms with van der Waals surface area (Å²) in [6.07, 6.45) is 0. The number of nitrogens with zero attached hydrogens (tertiary/aromatic N) is 1. The number of carbonyl (C=O) groups excluding carboxylic acids is 1. The molecule has 0 saturated carbocycles. The maximum atomic E-state index is 13.2. The van der Waals surface area contributed by atoms with Crippen LogP contribution in [-0.2, 0) is 0 Å². The molecule has 0 aliphatic rings. The van der Waals surface area contributed by atoms with Crippen LogP contribution in [0.15, 0.2) is 40.9 Å². The molecule has 5 nitrogen and oxygen atoms in total. The average molecular weight is 374 g/mol. The van der Waals surface area contributed by atoms with Crippen LogP contribution in [0.2, 0.25) is 5.02 Å². The summed E-state index contributed by atoms with van der Waals surface area (Å²) < 4.78 is 13.6. The Morgan fingerprint density at radius 3 is 2.67 bits per heavy atom. The Balaban J connectivity index is 2.29. The van der Waals surface area contributed by atoms with Crippen LogP contribution >= 0.6 is 27.5 Å². The predicted molar refractivity (Wildman–Crippen MR) is 80.2 cm³/mol. The summed E-state index contributed by atoms with van der Waals surface area (Å²) in [6, 6.07) is 7.51. The lowest BCUT2D eigenvalue weighted by Crippen LogP contribution is -2.13. The zero-order valence-corrected chi connectivity index (χ0v) is 12.6. The highest BCUT2D eigenvalue weighted by Gasteiger charge is 2.16. The third-order valence-electron chi connectivity index (χ3n) is 2.57. The van der Waals surface area contributed by atoms with Crippen LogP contribution in [0.5, 0.6) is 0 Å². The van der Waals surface area contributed by atoms with Gasteiger partial charge in [-0.25, -0.2) is 4.39 Å². The second kappa shape index (κ2) is 6.19. The van der Waals surface area contributed by atoms with Crippen LogP contribution < -0.4 is 5.32 Å². The fourth-order valence-corrected chi connectivity index (χ4v) is 2.21. The molecule has 0 saturated heterocycles. The smallest absolute Gasteiger partial charge is 0.289 e. The minimum atomic E-state index is -0.657. The Bertz CT molecular complexity index is 739. The van der Waals surface area contributed by atoms with Gasteiger partial charge in [0.25, 0.3) is 11.6 Å². The number of hydrogen-bond donors (Lipinski definition) is 1. The zero-order valence-electron chi connectivity index (χ0n) is 10.3. The Kier molecular flexibility index (Phi) is 4.54. The van der Waals surface area contributed by atoms with Crippen molar-refractivity contribution in [3.05, 3.63) is 67.4 Å². The summed E-state index contributed by atoms with van der Waals surface area (Å²) in [7, 11) is 0. The molecule has 2 rings (SSSR count). The first kappa shape index (κ1) is 15.4. The topological polar surface area (TPSA) is 72.2 Å². The standard InChI is InChI=1S/C13H7BrClFN2O3/c14-10-3-1-7(16)5-9(10)13(19)17-8-2-4-11(15)12(6-8)18(20)21/h1-6H,(H,17,19). The van der Waals surface area contributed by atoms with E-state index in [2.05, 4.69) is 21.2 Å². The highest BCUT2D eigenvalue weighted by Crippen LogP contribution is 2.28. The van der Waals surface area contributed by atoms with Gasteiger partial charge in [0, 0.05) is 16.2 Å². The van der Waals surface area contributed by atoms with Gasteiger partial charge in [-0.3, -0.25) is 14.9 Å². The SMILES string of the molecule is O=C(Nc1ccc(Cl)c([N+](=O)[O-])c1)c1cc(F)ccc1Br. The molecule has 108 valence electrons. The lowest BCUT2D eigenvalue weighted by atomic mass is 10.2. The molecule has 0 unspecified atom stereocenters. The first-order valence-corrected chi connectivity index (χ1v) is 6.76. The van der Waals surface area contributed by atoms with E-state index in [0.717, 1.165) is 12.1 Å². The minimum absolute atomic E-state index is 0.0371. The van der Waals surface area contributed by atoms with Crippen LogP contribution in [0.25, 0.3) is 0 Å². The molecule has 0 bridgehead atoms. The molecule has 0 radical (unpaired) electrons. The molecule has 0 fully saturated rings. The first-order chi connectivity index (χ1) is 9.88. The summed E-state index contributed by atoms with van der Waals surface area (Å²) >= 11 is 8.82. The van der Waals surface area contributed by atoms with Crippen LogP contribution in [-0.4, -0.2) is 10.8 Å². The Morgan fingerprint density at radius 2 is 2.00 bits per heavy atom. The van der Waals surface area contributed by atoms with Crippen LogP contribution in [0.4, 0.5) is 15.8 Å². The maximum Gasteiger partial charge on any atom is 0.289 e. The summed E-state index contributed by atoms with van der Waals surface area (Å²) in [5.74, 6) is -1.16. The summed E-state index contributed by atoms with van der Waals surface area (Å²) in [5, 5.41) is 13.2. The van der Waals surface area contributed by atoms with Crippen molar-refractivity contribution in [3.63, 3.8) is 0 Å². The number of amides is 1. The number of nitrogens with one attached hydrogen (secondary N) is 1. The average Bonchev–Trinajstić information content (AvgIpc) is 2.43. The molecular formula is C13H7BrClFN2O3. The lowest BCUT2D eigenvalue weighted by molar-refractivity contribution is -0.384. The van der Waals surface area contributed by atoms with Crippen LogP contribution in [0.3, 0.4) is 0 Å². The number of benzene rings is 2. The van der Waals surface area contributed by atoms with Crippen LogP contribution in [0, 0.1) is 15.9 Å². The molecule has 2 aromatic carbocycles. The molecule has 8 heteroatoms. The fraction of sp³-hybridized carbons (Fsp3) is 0. The second-order valence-corrected chi connectivity index (χ2v) is 5.26. The van der Waals surface area contributed by atoms with Gasteiger partial charge in [-0.2, -0.15) is 0 Å². The van der Waals surface area contributed by atoms with Crippen molar-refractivity contribution in [3.8, 4) is 0 Å². The van der Waals surface area contributed by atoms with Gasteiger partial charge in [0.2, 0.25) is 0 Å². The van der Waals surface area contributed by atoms with Gasteiger partial charge in [-0.1, -0.05) is 11.6 Å². The van der Waals surface area contributed by atoms with Gasteiger partial charge in [0.1, 0.15) is 10.8 Å². The van der Waals surface area contributed by atoms with Gasteiger partial charge in [-0.05, 0) is 46.3 Å². The normalized spacial score (nSPS) is 10.2. The number of anilines is 1. The lowest BCUT2D eigenvalue weighted by Gasteiger charge is -2.07. The van der Waals surface area contributed by atoms with Gasteiger partial charge >= 0.3 is 0 Å². The van der Waals surface area contributed by atoms with Gasteiger partial charge < -0.3 is 5.32 Å². The molecule has 0 heterocycles. The molecule has 1 amide bonds. The summed E-state index contributed by atoms with van der Waals surface area (Å²) in [4.78, 5) is 22.2. The summed E-state index contributed by atoms with van der Waals surface area (Å²) in [6.45, 7) is 0. The second-order valence-electron chi connectivity index (χ2n) is 4.00. The van der Waals surface area contributed by atoms with E-state index in [-0.39, 0.29) is 22.0 Å². The Labute approximate surface area is 132 Å². The van der Waals surface area contributed by atoms with Gasteiger partial charge in [0.05, 0.1) is 10.5 Å². The number of rotatable bonds is 3. The molecule has 0 atom stereocenters. The van der Waals surface area contributed by atoms with Gasteiger partial charge in [-0.15, -0.1) is 0 Å². The van der Waals surface area contributed by atoms with Crippen molar-refractivity contribution in [2.24, 2.45) is 0 Å². The predicted octanol–water partition coefficient (Wildman–Crippen LogP) is 4.40. The largest absolute Gasteiger partial charge is 0.322 e. The van der Waals surface area contributed by atoms with E-state index in [1.54, 1.807) is 0 Å². The van der Waals surface area contributed by atoms with E-state index in [4.69, 9.17) is 11.6 Å². The molecule has 2 aromatic rings. The van der Waals surface area contributed by atoms with Crippen molar-refractivity contribution in [2.75, 3.05) is 5.32 Å². The number of halogens is 3. The molecule has 0 aliphatic carbocycles. The molecule has 0 aromatic heterocycles. The number of nitro groups is 1. The molecule has 21 heavy (non-hydrogen) atoms. The van der Waals surface area contributed by atoms with E-state index >= 15 is 0 Å². The highest BCUT2D eigenvalue weighted by molar-refractivity contribution is 9.10. The van der Waals surface area contributed by atoms with Crippen LogP contribution in [0.1, 0.15) is 10.4 Å². The molecule has 0 spiro atoms. The van der Waals surface area contributed by atoms with E-state index in [1.807, 2.05) is 0 Å². The number of nitro benzene ring substituents is 1. The molecule has 0 aliphatic heterocycles. The molecular weight excluding hydrogens is 367 g/mol. The van der Waals surface area contributed by atoms with Crippen molar-refractivity contribution in [1.82, 2.24) is 0 Å². The minimum Gasteiger partial charge on any atom is -0.322 e. The van der Waals surface area contributed by atoms with Crippen molar-refractivity contribution >= 4 is 44.8 Å². The Morgan fingerprint density at radius 1 is 1.29 bits per heavy atom. The van der Waals surface area contributed by atoms with Crippen molar-refractivity contribution in [2.45, 2.75) is 0 Å². The van der Waals surface area contributed by atoms with E-state index in [9.17, 15) is 19.3 Å². The first-order valence-electron chi connectivity index (χ1n) is 5.59. The Hall–Kier alpha value is -1.99. The van der Waals surface area contributed by atoms with Crippen molar-refractivity contribution in [1.29, 1.82) is 0 Å². The third kappa shape index (κ3) is 3.56. The monoisotopic (exact) mass is 372 g/mol. The zero-order chi connectivity index (χ0) is 15.6. The maximum absolute atomic E-state index is 13.2. The van der Waals surface area contributed by atoms with E-state index in [1.165, 1.54) is 24.3 Å². The van der Waals surface area contributed by atoms with E-state index in [0.29, 0.717) is 4.47 Å². The molecule has 1 N–H and O–H groups in total. The van der Waals surface area contributed by atoms with Crippen molar-refractivity contribution < 1.29 is 14.1 Å². The quantitative estimate of drug-likeness (QED) is 0.640. The number of hydrogen-bond acceptors (Lipinski definition) is 3. The highest BCUT2D eigenvalue weighted by atomic mass is 79.9. The van der Waals surface area contributed by atoms with Gasteiger partial charge in [0.15, 0.2) is 0 Å².